The molecule has 1 aliphatic rings. The van der Waals surface area contributed by atoms with E-state index in [1.54, 1.807) is 0 Å². The van der Waals surface area contributed by atoms with Crippen molar-refractivity contribution in [1.82, 2.24) is 0 Å². The lowest BCUT2D eigenvalue weighted by molar-refractivity contribution is -0.121. The van der Waals surface area contributed by atoms with Gasteiger partial charge in [-0.15, -0.1) is 0 Å². The second-order valence-corrected chi connectivity index (χ2v) is 12.3. The molecule has 0 aromatic carbocycles. The number of carbonyl (C=O) groups excluding carboxylic acids is 1. The predicted molar refractivity (Wildman–Crippen MR) is 97.5 cm³/mol. The highest BCUT2D eigenvalue weighted by Crippen LogP contribution is 2.26. The van der Waals surface area contributed by atoms with E-state index >= 15 is 0 Å². The molecule has 0 amide bonds. The minimum Gasteiger partial charge on any atom is -0.547 e. The lowest BCUT2D eigenvalue weighted by atomic mass is 9.91. The molecule has 1 aliphatic carbocycles. The van der Waals surface area contributed by atoms with Gasteiger partial charge in [-0.05, 0) is 45.0 Å². The van der Waals surface area contributed by atoms with Crippen LogP contribution in [0, 0.1) is 5.92 Å². The summed E-state index contributed by atoms with van der Waals surface area (Å²) in [5.74, 6) is 1.54. The monoisotopic (exact) mass is 324 g/mol. The molecule has 1 unspecified atom stereocenters. The van der Waals surface area contributed by atoms with E-state index in [4.69, 9.17) is 4.43 Å². The van der Waals surface area contributed by atoms with Crippen molar-refractivity contribution < 1.29 is 9.22 Å². The van der Waals surface area contributed by atoms with E-state index in [0.717, 1.165) is 25.0 Å². The van der Waals surface area contributed by atoms with E-state index in [1.807, 2.05) is 0 Å². The summed E-state index contributed by atoms with van der Waals surface area (Å²) in [6, 6.07) is 0. The second kappa shape index (κ2) is 9.54. The van der Waals surface area contributed by atoms with Gasteiger partial charge in [0.15, 0.2) is 0 Å². The van der Waals surface area contributed by atoms with Crippen LogP contribution >= 0.6 is 0 Å². The molecule has 0 fully saturated rings. The molecule has 0 aromatic heterocycles. The molecule has 0 saturated carbocycles. The summed E-state index contributed by atoms with van der Waals surface area (Å²) >= 11 is 0. The highest BCUT2D eigenvalue weighted by atomic mass is 28.4. The van der Waals surface area contributed by atoms with Gasteiger partial charge in [-0.25, -0.2) is 0 Å². The Labute approximate surface area is 138 Å². The van der Waals surface area contributed by atoms with E-state index in [1.165, 1.54) is 50.5 Å². The summed E-state index contributed by atoms with van der Waals surface area (Å²) < 4.78 is 6.34. The maximum Gasteiger partial charge on any atom is 0.241 e. The third-order valence-electron chi connectivity index (χ3n) is 4.58. The van der Waals surface area contributed by atoms with E-state index in [9.17, 15) is 4.79 Å². The normalized spacial score (nSPS) is 27.3. The number of allylic oxidation sites excluding steroid dienone is 2. The number of rotatable bonds is 2. The Morgan fingerprint density at radius 3 is 1.82 bits per heavy atom. The van der Waals surface area contributed by atoms with Crippen LogP contribution in [-0.4, -0.2) is 14.1 Å². The SMILES string of the molecule is C/C1=C(\O[Si](C)(C)C)CCCCCCCCCCC(=O)C1C. The molecule has 0 saturated heterocycles. The first kappa shape index (κ1) is 19.5. The van der Waals surface area contributed by atoms with E-state index in [-0.39, 0.29) is 5.92 Å². The zero-order valence-corrected chi connectivity index (χ0v) is 16.5. The molecular weight excluding hydrogens is 288 g/mol. The van der Waals surface area contributed by atoms with Gasteiger partial charge in [-0.1, -0.05) is 45.4 Å². The smallest absolute Gasteiger partial charge is 0.241 e. The second-order valence-electron chi connectivity index (χ2n) is 7.84. The molecule has 2 nitrogen and oxygen atoms in total. The summed E-state index contributed by atoms with van der Waals surface area (Å²) in [5.41, 5.74) is 1.18. The number of hydrogen-bond acceptors (Lipinski definition) is 2. The van der Waals surface area contributed by atoms with Gasteiger partial charge in [-0.2, -0.15) is 0 Å². The summed E-state index contributed by atoms with van der Waals surface area (Å²) in [7, 11) is -1.62. The van der Waals surface area contributed by atoms with Crippen LogP contribution in [0.2, 0.25) is 19.6 Å². The standard InChI is InChI=1S/C19H36O2Si/c1-16-17(2)19(21-22(3,4)5)15-13-11-9-7-6-8-10-12-14-18(16)20/h16H,6-15H2,1-5H3/b19-17+. The Kier molecular flexibility index (Phi) is 8.44. The maximum absolute atomic E-state index is 12.4. The van der Waals surface area contributed by atoms with Gasteiger partial charge in [-0.3, -0.25) is 4.79 Å². The lowest BCUT2D eigenvalue weighted by Gasteiger charge is -2.26. The first-order valence-corrected chi connectivity index (χ1v) is 12.6. The van der Waals surface area contributed by atoms with Gasteiger partial charge in [0.1, 0.15) is 5.78 Å². The van der Waals surface area contributed by atoms with Gasteiger partial charge in [0.05, 0.1) is 5.76 Å². The van der Waals surface area contributed by atoms with E-state index in [2.05, 4.69) is 33.5 Å². The molecule has 1 atom stereocenters. The van der Waals surface area contributed by atoms with Crippen molar-refractivity contribution in [2.45, 2.75) is 97.7 Å². The first-order chi connectivity index (χ1) is 10.3. The average molecular weight is 325 g/mol. The molecule has 3 heteroatoms. The van der Waals surface area contributed by atoms with Gasteiger partial charge in [0.2, 0.25) is 8.32 Å². The zero-order valence-electron chi connectivity index (χ0n) is 15.5. The zero-order chi connectivity index (χ0) is 16.6. The van der Waals surface area contributed by atoms with Crippen LogP contribution in [0.3, 0.4) is 0 Å². The molecule has 128 valence electrons. The highest BCUT2D eigenvalue weighted by Gasteiger charge is 2.23. The topological polar surface area (TPSA) is 26.3 Å². The molecule has 0 aromatic rings. The fourth-order valence-corrected chi connectivity index (χ4v) is 4.05. The third kappa shape index (κ3) is 7.62. The Balaban J connectivity index is 2.86. The predicted octanol–water partition coefficient (Wildman–Crippen LogP) is 6.23. The molecule has 0 heterocycles. The van der Waals surface area contributed by atoms with Gasteiger partial charge in [0, 0.05) is 18.8 Å². The summed E-state index contributed by atoms with van der Waals surface area (Å²) in [4.78, 5) is 12.4. The van der Waals surface area contributed by atoms with Crippen LogP contribution in [0.5, 0.6) is 0 Å². The van der Waals surface area contributed by atoms with Crippen molar-refractivity contribution in [1.29, 1.82) is 0 Å². The molecule has 0 bridgehead atoms. The fraction of sp³-hybridized carbons (Fsp3) is 0.842. The van der Waals surface area contributed by atoms with Crippen molar-refractivity contribution in [2.75, 3.05) is 0 Å². The van der Waals surface area contributed by atoms with E-state index < -0.39 is 8.32 Å². The van der Waals surface area contributed by atoms with Crippen molar-refractivity contribution in [3.05, 3.63) is 11.3 Å². The van der Waals surface area contributed by atoms with Crippen molar-refractivity contribution in [3.8, 4) is 0 Å². The molecule has 0 radical (unpaired) electrons. The van der Waals surface area contributed by atoms with Crippen LogP contribution in [0.15, 0.2) is 11.3 Å². The largest absolute Gasteiger partial charge is 0.547 e. The van der Waals surface area contributed by atoms with Crippen LogP contribution in [0.4, 0.5) is 0 Å². The fourth-order valence-electron chi connectivity index (χ4n) is 3.04. The third-order valence-corrected chi connectivity index (χ3v) is 5.44. The number of carbonyl (C=O) groups is 1. The number of hydrogen-bond donors (Lipinski definition) is 0. The quantitative estimate of drug-likeness (QED) is 0.563. The van der Waals surface area contributed by atoms with Crippen molar-refractivity contribution in [2.24, 2.45) is 5.92 Å². The number of ketones is 1. The van der Waals surface area contributed by atoms with Crippen LogP contribution < -0.4 is 0 Å². The Hall–Kier alpha value is -0.573. The lowest BCUT2D eigenvalue weighted by Crippen LogP contribution is -2.26. The van der Waals surface area contributed by atoms with Gasteiger partial charge in [0.25, 0.3) is 0 Å². The molecule has 1 rings (SSSR count). The minimum atomic E-state index is -1.62. The summed E-state index contributed by atoms with van der Waals surface area (Å²) in [5, 5.41) is 0. The Morgan fingerprint density at radius 1 is 0.864 bits per heavy atom. The Bertz CT molecular complexity index is 379. The van der Waals surface area contributed by atoms with Crippen LogP contribution in [-0.2, 0) is 9.22 Å². The number of Topliss-reactive ketones (excluding diaryl/α,β-unsaturated/α-hetero) is 1. The molecule has 0 aliphatic heterocycles. The van der Waals surface area contributed by atoms with Crippen molar-refractivity contribution in [3.63, 3.8) is 0 Å². The average Bonchev–Trinajstić information content (AvgIpc) is 2.44. The van der Waals surface area contributed by atoms with Gasteiger partial charge < -0.3 is 4.43 Å². The van der Waals surface area contributed by atoms with Crippen LogP contribution in [0.25, 0.3) is 0 Å². The first-order valence-electron chi connectivity index (χ1n) is 9.22. The minimum absolute atomic E-state index is 0.0225. The highest BCUT2D eigenvalue weighted by molar-refractivity contribution is 6.70. The van der Waals surface area contributed by atoms with Gasteiger partial charge >= 0.3 is 0 Å². The molecule has 22 heavy (non-hydrogen) atoms. The molecule has 0 N–H and O–H groups in total. The maximum atomic E-state index is 12.4. The van der Waals surface area contributed by atoms with Crippen LogP contribution in [0.1, 0.15) is 78.1 Å². The summed E-state index contributed by atoms with van der Waals surface area (Å²) in [6.45, 7) is 10.9. The van der Waals surface area contributed by atoms with E-state index in [0.29, 0.717) is 5.78 Å². The molecule has 0 spiro atoms. The van der Waals surface area contributed by atoms with Crippen molar-refractivity contribution >= 4 is 14.1 Å². The molecular formula is C19H36O2Si. The Morgan fingerprint density at radius 2 is 1.32 bits per heavy atom. The summed E-state index contributed by atoms with van der Waals surface area (Å²) in [6.07, 6.45) is 11.8.